The van der Waals surface area contributed by atoms with Crippen LogP contribution in [0.2, 0.25) is 0 Å². The average Bonchev–Trinajstić information content (AvgIpc) is 3.42. The lowest BCUT2D eigenvalue weighted by Gasteiger charge is -2.31. The van der Waals surface area contributed by atoms with Crippen LogP contribution in [0.3, 0.4) is 0 Å². The van der Waals surface area contributed by atoms with Crippen LogP contribution in [0.1, 0.15) is 75.1 Å². The molecule has 218 valence electrons. The molecule has 10 nitrogen and oxygen atoms in total. The molecule has 2 fully saturated rings. The number of ether oxygens (including phenoxy) is 1. The second-order valence-electron chi connectivity index (χ2n) is 11.5. The summed E-state index contributed by atoms with van der Waals surface area (Å²) in [7, 11) is 0. The monoisotopic (exact) mass is 559 g/mol. The first-order valence-corrected chi connectivity index (χ1v) is 14.7. The number of amides is 1. The minimum Gasteiger partial charge on any atom is -0.381 e. The summed E-state index contributed by atoms with van der Waals surface area (Å²) in [6.45, 7) is 12.5. The standard InChI is InChI=1S/C31H41N7O3/c1-5-28(40)37-13-7-10-24(19-37)27(39)17-22-8-6-9-23(16-22)21(4)33-31-36-30(34-25-11-14-41-15-12-25)35-29-26(20(2)3)18-32-38(29)31/h5-6,8-9,16,18,20-21,24-25H,1,7,10-15,17,19H2,2-4H3,(H2,33,34,35,36). The van der Waals surface area contributed by atoms with Crippen molar-refractivity contribution < 1.29 is 14.3 Å². The van der Waals surface area contributed by atoms with E-state index in [2.05, 4.69) is 55.2 Å². The molecule has 0 bridgehead atoms. The molecule has 1 amide bonds. The molecule has 41 heavy (non-hydrogen) atoms. The topological polar surface area (TPSA) is 114 Å². The van der Waals surface area contributed by atoms with E-state index in [9.17, 15) is 9.59 Å². The van der Waals surface area contributed by atoms with Gasteiger partial charge < -0.3 is 20.3 Å². The maximum atomic E-state index is 13.2. The number of nitrogens with zero attached hydrogens (tertiary/aromatic N) is 5. The quantitative estimate of drug-likeness (QED) is 0.348. The van der Waals surface area contributed by atoms with E-state index in [0.29, 0.717) is 31.4 Å². The number of carbonyl (C=O) groups excluding carboxylic acids is 2. The Hall–Kier alpha value is -3.79. The van der Waals surface area contributed by atoms with E-state index < -0.39 is 0 Å². The molecule has 5 rings (SSSR count). The van der Waals surface area contributed by atoms with Crippen molar-refractivity contribution in [2.75, 3.05) is 36.9 Å². The van der Waals surface area contributed by atoms with Crippen molar-refractivity contribution >= 4 is 29.2 Å². The zero-order valence-corrected chi connectivity index (χ0v) is 24.3. The van der Waals surface area contributed by atoms with Crippen molar-refractivity contribution in [2.24, 2.45) is 5.92 Å². The van der Waals surface area contributed by atoms with Crippen LogP contribution in [0, 0.1) is 5.92 Å². The van der Waals surface area contributed by atoms with Gasteiger partial charge in [-0.2, -0.15) is 19.6 Å². The van der Waals surface area contributed by atoms with Crippen molar-refractivity contribution in [1.29, 1.82) is 0 Å². The number of fused-ring (bicyclic) bond motifs is 1. The number of anilines is 2. The van der Waals surface area contributed by atoms with Gasteiger partial charge in [-0.05, 0) is 55.7 Å². The van der Waals surface area contributed by atoms with E-state index >= 15 is 0 Å². The van der Waals surface area contributed by atoms with Gasteiger partial charge in [-0.1, -0.05) is 44.7 Å². The van der Waals surface area contributed by atoms with Crippen molar-refractivity contribution in [3.63, 3.8) is 0 Å². The van der Waals surface area contributed by atoms with Crippen LogP contribution in [0.15, 0.2) is 43.1 Å². The molecule has 0 spiro atoms. The Kier molecular flexibility index (Phi) is 8.97. The zero-order chi connectivity index (χ0) is 28.9. The van der Waals surface area contributed by atoms with Crippen molar-refractivity contribution in [3.8, 4) is 0 Å². The summed E-state index contributed by atoms with van der Waals surface area (Å²) >= 11 is 0. The van der Waals surface area contributed by atoms with Crippen LogP contribution in [0.5, 0.6) is 0 Å². The molecule has 2 aromatic heterocycles. The number of aromatic nitrogens is 4. The Morgan fingerprint density at radius 3 is 2.73 bits per heavy atom. The van der Waals surface area contributed by atoms with Crippen LogP contribution in [-0.2, 0) is 20.7 Å². The molecule has 2 N–H and O–H groups in total. The molecule has 0 saturated carbocycles. The fraction of sp³-hybridized carbons (Fsp3) is 0.516. The smallest absolute Gasteiger partial charge is 0.245 e. The molecule has 2 aliphatic heterocycles. The second kappa shape index (κ2) is 12.8. The lowest BCUT2D eigenvalue weighted by atomic mass is 9.89. The van der Waals surface area contributed by atoms with Gasteiger partial charge in [0.1, 0.15) is 5.78 Å². The van der Waals surface area contributed by atoms with Gasteiger partial charge >= 0.3 is 0 Å². The molecular weight excluding hydrogens is 518 g/mol. The first kappa shape index (κ1) is 28.7. The van der Waals surface area contributed by atoms with E-state index in [-0.39, 0.29) is 35.6 Å². The minimum atomic E-state index is -0.141. The highest BCUT2D eigenvalue weighted by Crippen LogP contribution is 2.26. The van der Waals surface area contributed by atoms with Gasteiger partial charge in [0.05, 0.1) is 12.2 Å². The fourth-order valence-electron chi connectivity index (χ4n) is 5.65. The van der Waals surface area contributed by atoms with Crippen LogP contribution in [0.4, 0.5) is 11.9 Å². The van der Waals surface area contributed by atoms with Gasteiger partial charge in [0.2, 0.25) is 17.8 Å². The molecule has 2 unspecified atom stereocenters. The summed E-state index contributed by atoms with van der Waals surface area (Å²) in [4.78, 5) is 36.6. The van der Waals surface area contributed by atoms with E-state index in [4.69, 9.17) is 14.7 Å². The molecule has 2 saturated heterocycles. The number of Topliss-reactive ketones (excluding diaryl/α,β-unsaturated/α-hetero) is 1. The molecule has 0 aliphatic carbocycles. The highest BCUT2D eigenvalue weighted by molar-refractivity contribution is 5.88. The van der Waals surface area contributed by atoms with E-state index in [1.807, 2.05) is 18.3 Å². The lowest BCUT2D eigenvalue weighted by Crippen LogP contribution is -2.41. The number of hydrogen-bond acceptors (Lipinski definition) is 8. The third-order valence-electron chi connectivity index (χ3n) is 8.11. The largest absolute Gasteiger partial charge is 0.381 e. The number of ketones is 1. The number of hydrogen-bond donors (Lipinski definition) is 2. The summed E-state index contributed by atoms with van der Waals surface area (Å²) in [5.41, 5.74) is 3.86. The molecule has 2 atom stereocenters. The maximum Gasteiger partial charge on any atom is 0.245 e. The number of likely N-dealkylation sites (tertiary alicyclic amines) is 1. The third kappa shape index (κ3) is 6.75. The maximum absolute atomic E-state index is 13.2. The van der Waals surface area contributed by atoms with Gasteiger partial charge in [-0.3, -0.25) is 9.59 Å². The summed E-state index contributed by atoms with van der Waals surface area (Å²) < 4.78 is 7.28. The SMILES string of the molecule is C=CC(=O)N1CCCC(C(=O)Cc2cccc(C(C)Nc3nc(NC4CCOCC4)nc4c(C(C)C)cnn34)c2)C1. The number of carbonyl (C=O) groups is 2. The van der Waals surface area contributed by atoms with Crippen LogP contribution in [0.25, 0.3) is 5.65 Å². The van der Waals surface area contributed by atoms with Crippen molar-refractivity contribution in [3.05, 3.63) is 59.8 Å². The molecule has 1 aromatic carbocycles. The van der Waals surface area contributed by atoms with Crippen LogP contribution in [-0.4, -0.2) is 68.5 Å². The zero-order valence-electron chi connectivity index (χ0n) is 24.3. The Morgan fingerprint density at radius 2 is 1.98 bits per heavy atom. The highest BCUT2D eigenvalue weighted by Gasteiger charge is 2.27. The number of rotatable bonds is 10. The molecule has 0 radical (unpaired) electrons. The molecular formula is C31H41N7O3. The number of nitrogens with one attached hydrogen (secondary N) is 2. The Bertz CT molecular complexity index is 1400. The van der Waals surface area contributed by atoms with Gasteiger partial charge in [0.25, 0.3) is 0 Å². The summed E-state index contributed by atoms with van der Waals surface area (Å²) in [5.74, 6) is 1.38. The lowest BCUT2D eigenvalue weighted by molar-refractivity contribution is -0.130. The van der Waals surface area contributed by atoms with Gasteiger partial charge in [-0.15, -0.1) is 0 Å². The first-order valence-electron chi connectivity index (χ1n) is 14.7. The third-order valence-corrected chi connectivity index (χ3v) is 8.11. The van der Waals surface area contributed by atoms with Crippen LogP contribution >= 0.6 is 0 Å². The van der Waals surface area contributed by atoms with Crippen molar-refractivity contribution in [1.82, 2.24) is 24.5 Å². The minimum absolute atomic E-state index is 0.0961. The average molecular weight is 560 g/mol. The first-order chi connectivity index (χ1) is 19.8. The predicted octanol–water partition coefficient (Wildman–Crippen LogP) is 4.55. The number of benzene rings is 1. The Morgan fingerprint density at radius 1 is 1.17 bits per heavy atom. The van der Waals surface area contributed by atoms with Crippen LogP contribution < -0.4 is 10.6 Å². The number of piperidine rings is 1. The van der Waals surface area contributed by atoms with Crippen molar-refractivity contribution in [2.45, 2.75) is 70.9 Å². The summed E-state index contributed by atoms with van der Waals surface area (Å²) in [5, 5.41) is 11.7. The Balaban J connectivity index is 1.32. The van der Waals surface area contributed by atoms with E-state index in [1.54, 1.807) is 9.42 Å². The van der Waals surface area contributed by atoms with Gasteiger partial charge in [-0.25, -0.2) is 0 Å². The highest BCUT2D eigenvalue weighted by atomic mass is 16.5. The molecule has 3 aromatic rings. The second-order valence-corrected chi connectivity index (χ2v) is 11.5. The van der Waals surface area contributed by atoms with E-state index in [0.717, 1.165) is 61.2 Å². The van der Waals surface area contributed by atoms with Gasteiger partial charge in [0.15, 0.2) is 5.65 Å². The molecule has 4 heterocycles. The summed E-state index contributed by atoms with van der Waals surface area (Å²) in [6, 6.07) is 8.28. The van der Waals surface area contributed by atoms with E-state index in [1.165, 1.54) is 6.08 Å². The predicted molar refractivity (Wildman–Crippen MR) is 159 cm³/mol. The fourth-order valence-corrected chi connectivity index (χ4v) is 5.65. The van der Waals surface area contributed by atoms with Gasteiger partial charge in [0, 0.05) is 50.2 Å². The normalized spacial score (nSPS) is 18.8. The molecule has 10 heteroatoms. The Labute approximate surface area is 241 Å². The summed E-state index contributed by atoms with van der Waals surface area (Å²) in [6.07, 6.45) is 7.01. The molecule has 2 aliphatic rings.